The molecule has 0 heterocycles. The number of hydrogen-bond acceptors (Lipinski definition) is 6. The van der Waals surface area contributed by atoms with Crippen molar-refractivity contribution in [2.75, 3.05) is 4.72 Å². The molecule has 8 nitrogen and oxygen atoms in total. The van der Waals surface area contributed by atoms with Gasteiger partial charge in [-0.2, -0.15) is 4.99 Å². The van der Waals surface area contributed by atoms with Crippen molar-refractivity contribution in [3.05, 3.63) is 48.5 Å². The first-order valence-corrected chi connectivity index (χ1v) is 9.09. The van der Waals surface area contributed by atoms with Crippen LogP contribution in [0.1, 0.15) is 0 Å². The molecule has 0 amide bonds. The third-order valence-corrected chi connectivity index (χ3v) is 5.11. The van der Waals surface area contributed by atoms with Gasteiger partial charge in [-0.05, 0) is 36.4 Å². The smallest absolute Gasteiger partial charge is 0.264 e. The molecule has 2 aromatic carbocycles. The quantitative estimate of drug-likeness (QED) is 0.613. The highest BCUT2D eigenvalue weighted by molar-refractivity contribution is 7.93. The fourth-order valence-electron chi connectivity index (χ4n) is 1.75. The number of aliphatic imine (C=N–C) groups is 1. The van der Waals surface area contributed by atoms with Crippen molar-refractivity contribution in [3.63, 3.8) is 0 Å². The first-order chi connectivity index (χ1) is 10.7. The Balaban J connectivity index is 2.38. The Morgan fingerprint density at radius 2 is 1.57 bits per heavy atom. The van der Waals surface area contributed by atoms with Crippen LogP contribution in [0, 0.1) is 0 Å². The molecule has 0 saturated heterocycles. The van der Waals surface area contributed by atoms with E-state index in [9.17, 15) is 21.6 Å². The van der Waals surface area contributed by atoms with Crippen molar-refractivity contribution >= 4 is 37.5 Å². The molecule has 120 valence electrons. The SMILES string of the molecule is NS(=O)(=O)c1ccc(NS(=O)(=O)c2ccccc2N=C=O)cc1. The second-order valence-corrected chi connectivity index (χ2v) is 7.56. The first-order valence-electron chi connectivity index (χ1n) is 6.06. The molecule has 0 aliphatic rings. The number of carbonyl (C=O) groups excluding carboxylic acids is 1. The number of sulfonamides is 2. The lowest BCUT2D eigenvalue weighted by Gasteiger charge is -2.09. The molecule has 0 unspecified atom stereocenters. The summed E-state index contributed by atoms with van der Waals surface area (Å²) in [4.78, 5) is 13.4. The standard InChI is InChI=1S/C13H11N3O5S2/c14-22(18,19)11-7-5-10(6-8-11)16-23(20,21)13-4-2-1-3-12(13)15-9-17/h1-8,16H,(H2,14,18,19). The second kappa shape index (κ2) is 6.31. The van der Waals surface area contributed by atoms with Crippen LogP contribution in [0.2, 0.25) is 0 Å². The molecule has 0 aliphatic heterocycles. The molecule has 2 aromatic rings. The van der Waals surface area contributed by atoms with Gasteiger partial charge >= 0.3 is 0 Å². The topological polar surface area (TPSA) is 136 Å². The van der Waals surface area contributed by atoms with Crippen molar-refractivity contribution in [3.8, 4) is 0 Å². The summed E-state index contributed by atoms with van der Waals surface area (Å²) in [6, 6.07) is 10.5. The van der Waals surface area contributed by atoms with Gasteiger partial charge in [-0.25, -0.2) is 26.8 Å². The molecule has 10 heteroatoms. The fourth-order valence-corrected chi connectivity index (χ4v) is 3.47. The molecule has 3 N–H and O–H groups in total. The Bertz CT molecular complexity index is 977. The van der Waals surface area contributed by atoms with E-state index in [1.807, 2.05) is 0 Å². The zero-order chi connectivity index (χ0) is 17.1. The van der Waals surface area contributed by atoms with Gasteiger partial charge in [0.25, 0.3) is 10.0 Å². The minimum Gasteiger partial charge on any atom is -0.280 e. The van der Waals surface area contributed by atoms with E-state index >= 15 is 0 Å². The molecule has 0 atom stereocenters. The molecule has 0 spiro atoms. The van der Waals surface area contributed by atoms with Gasteiger partial charge in [0.15, 0.2) is 0 Å². The Morgan fingerprint density at radius 3 is 2.13 bits per heavy atom. The molecule has 0 bridgehead atoms. The average Bonchev–Trinajstić information content (AvgIpc) is 2.47. The molecular formula is C13H11N3O5S2. The molecule has 0 saturated carbocycles. The summed E-state index contributed by atoms with van der Waals surface area (Å²) in [5.74, 6) is 0. The molecule has 0 fully saturated rings. The largest absolute Gasteiger partial charge is 0.280 e. The van der Waals surface area contributed by atoms with Crippen LogP contribution in [0.4, 0.5) is 11.4 Å². The molecular weight excluding hydrogens is 342 g/mol. The lowest BCUT2D eigenvalue weighted by Crippen LogP contribution is -2.14. The summed E-state index contributed by atoms with van der Waals surface area (Å²) >= 11 is 0. The summed E-state index contributed by atoms with van der Waals surface area (Å²) in [6.45, 7) is 0. The number of hydrogen-bond donors (Lipinski definition) is 2. The maximum absolute atomic E-state index is 12.3. The predicted molar refractivity (Wildman–Crippen MR) is 82.8 cm³/mol. The lowest BCUT2D eigenvalue weighted by molar-refractivity contribution is 0.565. The van der Waals surface area contributed by atoms with Gasteiger partial charge in [0.2, 0.25) is 16.1 Å². The summed E-state index contributed by atoms with van der Waals surface area (Å²) < 4.78 is 49.2. The third-order valence-electron chi connectivity index (χ3n) is 2.76. The number of para-hydroxylation sites is 1. The van der Waals surface area contributed by atoms with E-state index in [2.05, 4.69) is 9.71 Å². The Hall–Kier alpha value is -2.52. The van der Waals surface area contributed by atoms with Crippen molar-refractivity contribution < 1.29 is 21.6 Å². The van der Waals surface area contributed by atoms with Crippen LogP contribution in [-0.4, -0.2) is 22.9 Å². The highest BCUT2D eigenvalue weighted by Crippen LogP contribution is 2.25. The zero-order valence-corrected chi connectivity index (χ0v) is 13.1. The molecule has 23 heavy (non-hydrogen) atoms. The van der Waals surface area contributed by atoms with Crippen LogP contribution in [0.5, 0.6) is 0 Å². The Morgan fingerprint density at radius 1 is 0.957 bits per heavy atom. The number of nitrogens with two attached hydrogens (primary N) is 1. The molecule has 0 aliphatic carbocycles. The number of benzene rings is 2. The second-order valence-electron chi connectivity index (χ2n) is 4.35. The number of rotatable bonds is 5. The number of nitrogens with one attached hydrogen (secondary N) is 1. The summed E-state index contributed by atoms with van der Waals surface area (Å²) in [7, 11) is -7.88. The summed E-state index contributed by atoms with van der Waals surface area (Å²) in [5.41, 5.74) is 0.0680. The monoisotopic (exact) mass is 353 g/mol. The van der Waals surface area contributed by atoms with Crippen LogP contribution >= 0.6 is 0 Å². The van der Waals surface area contributed by atoms with E-state index in [4.69, 9.17) is 5.14 Å². The maximum atomic E-state index is 12.3. The Labute approximate surface area is 132 Å². The van der Waals surface area contributed by atoms with E-state index in [1.54, 1.807) is 0 Å². The van der Waals surface area contributed by atoms with Gasteiger partial charge in [0.1, 0.15) is 4.90 Å². The number of primary sulfonamides is 1. The summed E-state index contributed by atoms with van der Waals surface area (Å²) in [6.07, 6.45) is 1.29. The van der Waals surface area contributed by atoms with Crippen molar-refractivity contribution in [1.29, 1.82) is 0 Å². The fraction of sp³-hybridized carbons (Fsp3) is 0. The predicted octanol–water partition coefficient (Wildman–Crippen LogP) is 1.10. The van der Waals surface area contributed by atoms with Gasteiger partial charge in [0.05, 0.1) is 10.6 Å². The molecule has 0 aromatic heterocycles. The summed E-state index contributed by atoms with van der Waals surface area (Å²) in [5, 5.41) is 4.96. The van der Waals surface area contributed by atoms with Gasteiger partial charge in [-0.3, -0.25) is 4.72 Å². The van der Waals surface area contributed by atoms with Crippen LogP contribution in [0.15, 0.2) is 63.3 Å². The minimum atomic E-state index is -4.02. The van der Waals surface area contributed by atoms with E-state index in [1.165, 1.54) is 54.6 Å². The van der Waals surface area contributed by atoms with Crippen LogP contribution in [0.25, 0.3) is 0 Å². The van der Waals surface area contributed by atoms with Crippen molar-refractivity contribution in [2.45, 2.75) is 9.79 Å². The van der Waals surface area contributed by atoms with Crippen LogP contribution in [-0.2, 0) is 24.8 Å². The van der Waals surface area contributed by atoms with Crippen molar-refractivity contribution in [2.24, 2.45) is 10.1 Å². The van der Waals surface area contributed by atoms with Crippen molar-refractivity contribution in [1.82, 2.24) is 0 Å². The normalized spacial score (nSPS) is 11.5. The number of anilines is 1. The minimum absolute atomic E-state index is 0.0591. The van der Waals surface area contributed by atoms with Gasteiger partial charge in [-0.15, -0.1) is 0 Å². The number of isocyanates is 1. The van der Waals surface area contributed by atoms with Crippen LogP contribution in [0.3, 0.4) is 0 Å². The van der Waals surface area contributed by atoms with E-state index in [-0.39, 0.29) is 21.2 Å². The highest BCUT2D eigenvalue weighted by Gasteiger charge is 2.18. The van der Waals surface area contributed by atoms with Gasteiger partial charge in [0, 0.05) is 5.69 Å². The Kier molecular flexibility index (Phi) is 4.62. The maximum Gasteiger partial charge on any atom is 0.264 e. The highest BCUT2D eigenvalue weighted by atomic mass is 32.2. The van der Waals surface area contributed by atoms with E-state index in [0.29, 0.717) is 0 Å². The van der Waals surface area contributed by atoms with E-state index in [0.717, 1.165) is 0 Å². The van der Waals surface area contributed by atoms with Gasteiger partial charge in [-0.1, -0.05) is 12.1 Å². The zero-order valence-electron chi connectivity index (χ0n) is 11.5. The number of nitrogens with zero attached hydrogens (tertiary/aromatic N) is 1. The molecule has 0 radical (unpaired) electrons. The first kappa shape index (κ1) is 16.8. The molecule has 2 rings (SSSR count). The third kappa shape index (κ3) is 4.02. The van der Waals surface area contributed by atoms with E-state index < -0.39 is 20.0 Å². The van der Waals surface area contributed by atoms with Gasteiger partial charge < -0.3 is 0 Å². The van der Waals surface area contributed by atoms with Crippen LogP contribution < -0.4 is 9.86 Å². The lowest BCUT2D eigenvalue weighted by atomic mass is 10.3. The average molecular weight is 353 g/mol.